The molecule has 0 atom stereocenters. The van der Waals surface area contributed by atoms with E-state index < -0.39 is 0 Å². The Kier molecular flexibility index (Phi) is 1.85. The molecule has 1 aliphatic rings. The molecule has 3 N–H and O–H groups in total. The van der Waals surface area contributed by atoms with E-state index in [1.165, 1.54) is 0 Å². The minimum absolute atomic E-state index is 0.426. The summed E-state index contributed by atoms with van der Waals surface area (Å²) in [4.78, 5) is 4.52. The van der Waals surface area contributed by atoms with Gasteiger partial charge in [0.25, 0.3) is 0 Å². The van der Waals surface area contributed by atoms with E-state index in [-0.39, 0.29) is 0 Å². The highest BCUT2D eigenvalue weighted by molar-refractivity contribution is 5.60. The SMILES string of the molecule is NOCc1ccc2c(c1)NCO2. The molecule has 1 heterocycles. The van der Waals surface area contributed by atoms with Crippen LogP contribution in [-0.4, -0.2) is 6.73 Å². The van der Waals surface area contributed by atoms with Gasteiger partial charge >= 0.3 is 0 Å². The Balaban J connectivity index is 2.26. The fourth-order valence-electron chi connectivity index (χ4n) is 1.22. The summed E-state index contributed by atoms with van der Waals surface area (Å²) in [6, 6.07) is 5.80. The van der Waals surface area contributed by atoms with Gasteiger partial charge in [0.05, 0.1) is 12.3 Å². The molecule has 0 spiro atoms. The molecule has 0 unspecified atom stereocenters. The summed E-state index contributed by atoms with van der Waals surface area (Å²) >= 11 is 0. The number of anilines is 1. The highest BCUT2D eigenvalue weighted by atomic mass is 16.6. The smallest absolute Gasteiger partial charge is 0.159 e. The lowest BCUT2D eigenvalue weighted by molar-refractivity contribution is 0.124. The highest BCUT2D eigenvalue weighted by Crippen LogP contribution is 2.29. The van der Waals surface area contributed by atoms with Crippen LogP contribution >= 0.6 is 0 Å². The second-order valence-corrected chi connectivity index (χ2v) is 2.61. The Hall–Kier alpha value is -1.26. The first-order chi connectivity index (χ1) is 5.90. The molecule has 0 radical (unpaired) electrons. The third-order valence-corrected chi connectivity index (χ3v) is 1.78. The number of hydrogen-bond acceptors (Lipinski definition) is 4. The van der Waals surface area contributed by atoms with Crippen molar-refractivity contribution in [3.05, 3.63) is 23.8 Å². The van der Waals surface area contributed by atoms with E-state index in [0.717, 1.165) is 17.0 Å². The molecule has 0 aromatic heterocycles. The molecule has 0 amide bonds. The lowest BCUT2D eigenvalue weighted by Crippen LogP contribution is -1.99. The number of nitrogens with one attached hydrogen (secondary N) is 1. The first-order valence-corrected chi connectivity index (χ1v) is 3.71. The average Bonchev–Trinajstić information content (AvgIpc) is 2.51. The lowest BCUT2D eigenvalue weighted by atomic mass is 10.2. The number of rotatable bonds is 2. The molecule has 1 aliphatic heterocycles. The third-order valence-electron chi connectivity index (χ3n) is 1.78. The predicted octanol–water partition coefficient (Wildman–Crippen LogP) is 0.839. The largest absolute Gasteiger partial charge is 0.471 e. The van der Waals surface area contributed by atoms with Gasteiger partial charge in [-0.2, -0.15) is 0 Å². The summed E-state index contributed by atoms with van der Waals surface area (Å²) in [5.74, 6) is 5.84. The van der Waals surface area contributed by atoms with Crippen molar-refractivity contribution >= 4 is 5.69 Å². The van der Waals surface area contributed by atoms with Crippen molar-refractivity contribution in [2.24, 2.45) is 5.90 Å². The Morgan fingerprint density at radius 1 is 1.58 bits per heavy atom. The normalized spacial score (nSPS) is 13.4. The summed E-state index contributed by atoms with van der Waals surface area (Å²) in [7, 11) is 0. The molecule has 64 valence electrons. The molecule has 1 aromatic rings. The Bertz CT molecular complexity index is 288. The van der Waals surface area contributed by atoms with Crippen LogP contribution in [0, 0.1) is 0 Å². The Morgan fingerprint density at radius 2 is 2.50 bits per heavy atom. The van der Waals surface area contributed by atoms with E-state index in [1.807, 2.05) is 18.2 Å². The minimum Gasteiger partial charge on any atom is -0.471 e. The molecule has 0 saturated heterocycles. The van der Waals surface area contributed by atoms with Crippen LogP contribution in [0.2, 0.25) is 0 Å². The van der Waals surface area contributed by atoms with Gasteiger partial charge in [0, 0.05) is 0 Å². The molecular weight excluding hydrogens is 156 g/mol. The van der Waals surface area contributed by atoms with Crippen LogP contribution in [0.25, 0.3) is 0 Å². The maximum absolute atomic E-state index is 5.25. The van der Waals surface area contributed by atoms with Gasteiger partial charge in [0.1, 0.15) is 5.75 Å². The molecule has 4 nitrogen and oxygen atoms in total. The summed E-state index contributed by atoms with van der Waals surface area (Å²) in [5.41, 5.74) is 2.04. The highest BCUT2D eigenvalue weighted by Gasteiger charge is 2.10. The van der Waals surface area contributed by atoms with Crippen LogP contribution < -0.4 is 16.0 Å². The monoisotopic (exact) mass is 166 g/mol. The van der Waals surface area contributed by atoms with Gasteiger partial charge in [-0.05, 0) is 17.7 Å². The lowest BCUT2D eigenvalue weighted by Gasteiger charge is -2.01. The number of fused-ring (bicyclic) bond motifs is 1. The van der Waals surface area contributed by atoms with E-state index in [9.17, 15) is 0 Å². The van der Waals surface area contributed by atoms with Crippen molar-refractivity contribution < 1.29 is 9.57 Å². The molecule has 0 saturated carbocycles. The van der Waals surface area contributed by atoms with Crippen molar-refractivity contribution in [1.82, 2.24) is 0 Å². The number of hydrogen-bond donors (Lipinski definition) is 2. The molecule has 0 aliphatic carbocycles. The third kappa shape index (κ3) is 1.22. The van der Waals surface area contributed by atoms with Crippen LogP contribution in [0.1, 0.15) is 5.56 Å². The second-order valence-electron chi connectivity index (χ2n) is 2.61. The second kappa shape index (κ2) is 3.00. The van der Waals surface area contributed by atoms with Gasteiger partial charge in [-0.3, -0.25) is 4.84 Å². The molecule has 0 fully saturated rings. The topological polar surface area (TPSA) is 56.5 Å². The molecule has 1 aromatic carbocycles. The summed E-state index contributed by atoms with van der Waals surface area (Å²) < 4.78 is 5.25. The Labute approximate surface area is 70.2 Å². The standard InChI is InChI=1S/C8H10N2O2/c9-12-4-6-1-2-8-7(3-6)10-5-11-8/h1-3,10H,4-5,9H2. The van der Waals surface area contributed by atoms with Gasteiger partial charge in [-0.15, -0.1) is 0 Å². The van der Waals surface area contributed by atoms with E-state index in [0.29, 0.717) is 13.3 Å². The van der Waals surface area contributed by atoms with Gasteiger partial charge < -0.3 is 10.1 Å². The van der Waals surface area contributed by atoms with Crippen LogP contribution in [0.5, 0.6) is 5.75 Å². The van der Waals surface area contributed by atoms with Crippen LogP contribution in [0.4, 0.5) is 5.69 Å². The van der Waals surface area contributed by atoms with Crippen molar-refractivity contribution in [1.29, 1.82) is 0 Å². The molecule has 12 heavy (non-hydrogen) atoms. The number of ether oxygens (including phenoxy) is 1. The van der Waals surface area contributed by atoms with E-state index in [4.69, 9.17) is 10.6 Å². The zero-order chi connectivity index (χ0) is 8.39. The molecule has 2 rings (SSSR count). The van der Waals surface area contributed by atoms with Crippen LogP contribution in [-0.2, 0) is 11.4 Å². The van der Waals surface area contributed by atoms with E-state index in [1.54, 1.807) is 0 Å². The summed E-state index contributed by atoms with van der Waals surface area (Å²) in [6.07, 6.45) is 0. The van der Waals surface area contributed by atoms with E-state index >= 15 is 0 Å². The fourth-order valence-corrected chi connectivity index (χ4v) is 1.22. The maximum atomic E-state index is 5.25. The van der Waals surface area contributed by atoms with Crippen molar-refractivity contribution in [2.45, 2.75) is 6.61 Å². The van der Waals surface area contributed by atoms with Crippen molar-refractivity contribution in [3.63, 3.8) is 0 Å². The van der Waals surface area contributed by atoms with E-state index in [2.05, 4.69) is 10.2 Å². The van der Waals surface area contributed by atoms with Gasteiger partial charge in [0.15, 0.2) is 6.73 Å². The van der Waals surface area contributed by atoms with Crippen molar-refractivity contribution in [2.75, 3.05) is 12.0 Å². The molecule has 4 heteroatoms. The van der Waals surface area contributed by atoms with Crippen LogP contribution in [0.3, 0.4) is 0 Å². The average molecular weight is 166 g/mol. The Morgan fingerprint density at radius 3 is 3.33 bits per heavy atom. The zero-order valence-electron chi connectivity index (χ0n) is 6.54. The summed E-state index contributed by atoms with van der Waals surface area (Å²) in [5, 5.41) is 3.08. The summed E-state index contributed by atoms with van der Waals surface area (Å²) in [6.45, 7) is 0.969. The quantitative estimate of drug-likeness (QED) is 0.639. The first kappa shape index (κ1) is 7.39. The van der Waals surface area contributed by atoms with Crippen molar-refractivity contribution in [3.8, 4) is 5.75 Å². The molecule has 0 bridgehead atoms. The van der Waals surface area contributed by atoms with Gasteiger partial charge in [0.2, 0.25) is 0 Å². The minimum atomic E-state index is 0.426. The van der Waals surface area contributed by atoms with Gasteiger partial charge in [-0.1, -0.05) is 6.07 Å². The zero-order valence-corrected chi connectivity index (χ0v) is 6.54. The molecular formula is C8H10N2O2. The first-order valence-electron chi connectivity index (χ1n) is 3.71. The number of benzene rings is 1. The fraction of sp³-hybridized carbons (Fsp3) is 0.250. The predicted molar refractivity (Wildman–Crippen MR) is 44.5 cm³/mol. The van der Waals surface area contributed by atoms with Crippen LogP contribution in [0.15, 0.2) is 18.2 Å². The van der Waals surface area contributed by atoms with Gasteiger partial charge in [-0.25, -0.2) is 5.90 Å². The maximum Gasteiger partial charge on any atom is 0.159 e. The number of nitrogens with two attached hydrogens (primary N) is 1.